The molecule has 1 aliphatic carbocycles. The van der Waals surface area contributed by atoms with E-state index in [0.29, 0.717) is 17.4 Å². The molecule has 0 aromatic heterocycles. The van der Waals surface area contributed by atoms with Gasteiger partial charge < -0.3 is 11.1 Å². The molecule has 0 aromatic carbocycles. The van der Waals surface area contributed by atoms with E-state index in [1.165, 1.54) is 6.42 Å². The van der Waals surface area contributed by atoms with Gasteiger partial charge in [0.15, 0.2) is 0 Å². The molecule has 0 atom stereocenters. The van der Waals surface area contributed by atoms with Crippen LogP contribution >= 0.6 is 0 Å². The first-order valence-electron chi connectivity index (χ1n) is 8.04. The molecule has 3 N–H and O–H groups in total. The first-order valence-corrected chi connectivity index (χ1v) is 8.04. The largest absolute Gasteiger partial charge is 0.402 e. The fourth-order valence-corrected chi connectivity index (χ4v) is 3.03. The Hall–Kier alpha value is -2.04. The molecule has 5 nitrogen and oxygen atoms in total. The summed E-state index contributed by atoms with van der Waals surface area (Å²) in [6.07, 6.45) is 8.93. The Morgan fingerprint density at radius 1 is 1.41 bits per heavy atom. The van der Waals surface area contributed by atoms with E-state index in [0.717, 1.165) is 37.8 Å². The number of carbonyl (C=O) groups is 1. The van der Waals surface area contributed by atoms with Crippen LogP contribution in [0.15, 0.2) is 40.8 Å². The van der Waals surface area contributed by atoms with Crippen molar-refractivity contribution in [1.82, 2.24) is 10.2 Å². The van der Waals surface area contributed by atoms with Gasteiger partial charge in [-0.2, -0.15) is 0 Å². The van der Waals surface area contributed by atoms with Crippen molar-refractivity contribution < 1.29 is 4.79 Å². The van der Waals surface area contributed by atoms with Crippen molar-refractivity contribution >= 4 is 11.7 Å². The lowest BCUT2D eigenvalue weighted by molar-refractivity contribution is -0.124. The van der Waals surface area contributed by atoms with Crippen LogP contribution < -0.4 is 11.1 Å². The molecule has 0 spiro atoms. The summed E-state index contributed by atoms with van der Waals surface area (Å²) in [6.45, 7) is 8.47. The summed E-state index contributed by atoms with van der Waals surface area (Å²) in [7, 11) is 0. The highest BCUT2D eigenvalue weighted by Crippen LogP contribution is 2.27. The molecule has 1 aliphatic heterocycles. The quantitative estimate of drug-likeness (QED) is 0.838. The SMILES string of the molecule is C=C(/N=C1\C(=C(\C)N)C=CC(=O)N1C1CCCCC1)NCC. The lowest BCUT2D eigenvalue weighted by Gasteiger charge is -2.36. The van der Waals surface area contributed by atoms with E-state index in [4.69, 9.17) is 5.73 Å². The molecule has 1 heterocycles. The van der Waals surface area contributed by atoms with Crippen molar-refractivity contribution in [3.05, 3.63) is 35.8 Å². The molecule has 1 amide bonds. The van der Waals surface area contributed by atoms with Gasteiger partial charge >= 0.3 is 0 Å². The van der Waals surface area contributed by atoms with E-state index in [1.807, 2.05) is 18.7 Å². The van der Waals surface area contributed by atoms with E-state index in [9.17, 15) is 4.79 Å². The molecule has 0 bridgehead atoms. The first kappa shape index (κ1) is 16.3. The Kier molecular flexibility index (Phi) is 5.41. The third kappa shape index (κ3) is 3.59. The number of aliphatic imine (C=N–C) groups is 1. The van der Waals surface area contributed by atoms with Gasteiger partial charge in [-0.1, -0.05) is 25.8 Å². The summed E-state index contributed by atoms with van der Waals surface area (Å²) in [5, 5.41) is 3.08. The van der Waals surface area contributed by atoms with Gasteiger partial charge in [0.25, 0.3) is 5.91 Å². The fourth-order valence-electron chi connectivity index (χ4n) is 3.03. The standard InChI is InChI=1S/C17H26N4O/c1-4-19-13(3)20-17-15(12(2)18)10-11-16(22)21(17)14-8-6-5-7-9-14/h10-11,14,19H,3-9,18H2,1-2H3/b15-12-,20-17+. The second-order valence-corrected chi connectivity index (χ2v) is 5.84. The molecule has 0 saturated heterocycles. The molecule has 2 aliphatic rings. The first-order chi connectivity index (χ1) is 10.5. The minimum Gasteiger partial charge on any atom is -0.402 e. The van der Waals surface area contributed by atoms with Crippen LogP contribution in [-0.4, -0.2) is 29.2 Å². The lowest BCUT2D eigenvalue weighted by atomic mass is 9.92. The molecule has 0 radical (unpaired) electrons. The summed E-state index contributed by atoms with van der Waals surface area (Å²) in [5.74, 6) is 1.17. The Labute approximate surface area is 132 Å². The Bertz CT molecular complexity index is 535. The highest BCUT2D eigenvalue weighted by Gasteiger charge is 2.32. The summed E-state index contributed by atoms with van der Waals surface area (Å²) in [6, 6.07) is 0.203. The van der Waals surface area contributed by atoms with Crippen molar-refractivity contribution in [3.63, 3.8) is 0 Å². The van der Waals surface area contributed by atoms with Gasteiger partial charge in [-0.05, 0) is 32.8 Å². The predicted octanol–water partition coefficient (Wildman–Crippen LogP) is 2.43. The maximum Gasteiger partial charge on any atom is 0.252 e. The Balaban J connectivity index is 2.41. The van der Waals surface area contributed by atoms with E-state index < -0.39 is 0 Å². The molecule has 0 unspecified atom stereocenters. The van der Waals surface area contributed by atoms with Crippen LogP contribution in [0, 0.1) is 0 Å². The van der Waals surface area contributed by atoms with Crippen molar-refractivity contribution in [3.8, 4) is 0 Å². The predicted molar refractivity (Wildman–Crippen MR) is 90.0 cm³/mol. The number of hydrogen-bond acceptors (Lipinski definition) is 4. The van der Waals surface area contributed by atoms with Gasteiger partial charge in [-0.15, -0.1) is 0 Å². The van der Waals surface area contributed by atoms with Crippen LogP contribution in [0.25, 0.3) is 0 Å². The summed E-state index contributed by atoms with van der Waals surface area (Å²) in [4.78, 5) is 18.8. The average Bonchev–Trinajstić information content (AvgIpc) is 2.48. The number of carbonyl (C=O) groups excluding carboxylic acids is 1. The monoisotopic (exact) mass is 302 g/mol. The topological polar surface area (TPSA) is 70.7 Å². The van der Waals surface area contributed by atoms with E-state index >= 15 is 0 Å². The number of amidine groups is 1. The zero-order chi connectivity index (χ0) is 16.1. The number of rotatable bonds is 4. The summed E-state index contributed by atoms with van der Waals surface area (Å²) in [5.41, 5.74) is 7.47. The molecule has 2 rings (SSSR count). The third-order valence-electron chi connectivity index (χ3n) is 4.09. The van der Waals surface area contributed by atoms with Crippen LogP contribution in [0.5, 0.6) is 0 Å². The minimum absolute atomic E-state index is 0.0139. The molecular formula is C17H26N4O. The zero-order valence-electron chi connectivity index (χ0n) is 13.6. The van der Waals surface area contributed by atoms with Crippen LogP contribution in [0.4, 0.5) is 0 Å². The van der Waals surface area contributed by atoms with Gasteiger partial charge in [-0.25, -0.2) is 4.99 Å². The number of hydrogen-bond donors (Lipinski definition) is 2. The van der Waals surface area contributed by atoms with Crippen LogP contribution in [0.2, 0.25) is 0 Å². The number of nitrogens with one attached hydrogen (secondary N) is 1. The summed E-state index contributed by atoms with van der Waals surface area (Å²) < 4.78 is 0. The van der Waals surface area contributed by atoms with Gasteiger partial charge in [0, 0.05) is 29.9 Å². The molecule has 1 fully saturated rings. The summed E-state index contributed by atoms with van der Waals surface area (Å²) >= 11 is 0. The number of nitrogens with two attached hydrogens (primary N) is 1. The second kappa shape index (κ2) is 7.29. The molecule has 22 heavy (non-hydrogen) atoms. The number of nitrogens with zero attached hydrogens (tertiary/aromatic N) is 2. The smallest absolute Gasteiger partial charge is 0.252 e. The highest BCUT2D eigenvalue weighted by atomic mass is 16.2. The maximum absolute atomic E-state index is 12.5. The maximum atomic E-state index is 12.5. The van der Waals surface area contributed by atoms with E-state index in [2.05, 4.69) is 16.9 Å². The van der Waals surface area contributed by atoms with E-state index in [1.54, 1.807) is 12.2 Å². The Morgan fingerprint density at radius 2 is 2.09 bits per heavy atom. The second-order valence-electron chi connectivity index (χ2n) is 5.84. The van der Waals surface area contributed by atoms with Crippen molar-refractivity contribution in [2.75, 3.05) is 6.54 Å². The average molecular weight is 302 g/mol. The third-order valence-corrected chi connectivity index (χ3v) is 4.09. The van der Waals surface area contributed by atoms with Gasteiger partial charge in [0.1, 0.15) is 11.7 Å². The lowest BCUT2D eigenvalue weighted by Crippen LogP contribution is -2.47. The molecule has 1 saturated carbocycles. The van der Waals surface area contributed by atoms with Gasteiger partial charge in [0.2, 0.25) is 0 Å². The molecule has 5 heteroatoms. The van der Waals surface area contributed by atoms with Crippen LogP contribution in [0.1, 0.15) is 46.0 Å². The van der Waals surface area contributed by atoms with E-state index in [-0.39, 0.29) is 11.9 Å². The molecule has 0 aromatic rings. The van der Waals surface area contributed by atoms with Gasteiger partial charge in [0.05, 0.1) is 0 Å². The minimum atomic E-state index is -0.0139. The van der Waals surface area contributed by atoms with Crippen molar-refractivity contribution in [2.24, 2.45) is 10.7 Å². The molecular weight excluding hydrogens is 276 g/mol. The zero-order valence-corrected chi connectivity index (χ0v) is 13.6. The number of amides is 1. The Morgan fingerprint density at radius 3 is 2.68 bits per heavy atom. The normalized spacial score (nSPS) is 23.8. The van der Waals surface area contributed by atoms with Crippen molar-refractivity contribution in [1.29, 1.82) is 0 Å². The van der Waals surface area contributed by atoms with Crippen molar-refractivity contribution in [2.45, 2.75) is 52.0 Å². The fraction of sp³-hybridized carbons (Fsp3) is 0.529. The highest BCUT2D eigenvalue weighted by molar-refractivity contribution is 6.16. The molecule has 120 valence electrons. The van der Waals surface area contributed by atoms with Crippen LogP contribution in [0.3, 0.4) is 0 Å². The van der Waals surface area contributed by atoms with Crippen LogP contribution in [-0.2, 0) is 4.79 Å². The van der Waals surface area contributed by atoms with Gasteiger partial charge in [-0.3, -0.25) is 9.69 Å². The number of allylic oxidation sites excluding steroid dienone is 1.